The van der Waals surface area contributed by atoms with Gasteiger partial charge >= 0.3 is 0 Å². The summed E-state index contributed by atoms with van der Waals surface area (Å²) in [6, 6.07) is 8.22. The monoisotopic (exact) mass is 372 g/mol. The first-order valence-electron chi connectivity index (χ1n) is 9.96. The van der Waals surface area contributed by atoms with Crippen molar-refractivity contribution in [1.82, 2.24) is 24.1 Å². The van der Waals surface area contributed by atoms with Crippen molar-refractivity contribution in [2.24, 2.45) is 7.05 Å². The molecule has 0 saturated heterocycles. The molecule has 4 aromatic rings. The largest absolute Gasteiger partial charge is 0.357 e. The van der Waals surface area contributed by atoms with E-state index in [1.54, 1.807) is 12.4 Å². The van der Waals surface area contributed by atoms with Gasteiger partial charge in [-0.2, -0.15) is 9.61 Å². The molecule has 0 radical (unpaired) electrons. The molecular weight excluding hydrogens is 348 g/mol. The lowest BCUT2D eigenvalue weighted by Crippen LogP contribution is -2.10. The number of rotatable bonds is 4. The molecule has 1 aliphatic carbocycles. The first kappa shape index (κ1) is 17.0. The molecule has 0 aliphatic heterocycles. The Labute approximate surface area is 164 Å². The van der Waals surface area contributed by atoms with Crippen molar-refractivity contribution in [3.8, 4) is 11.1 Å². The molecule has 0 aromatic carbocycles. The zero-order valence-corrected chi connectivity index (χ0v) is 16.0. The van der Waals surface area contributed by atoms with Gasteiger partial charge in [0.1, 0.15) is 5.82 Å². The van der Waals surface area contributed by atoms with Gasteiger partial charge in [0.2, 0.25) is 0 Å². The van der Waals surface area contributed by atoms with E-state index in [-0.39, 0.29) is 0 Å². The lowest BCUT2D eigenvalue weighted by atomic mass is 9.87. The van der Waals surface area contributed by atoms with Gasteiger partial charge in [0.15, 0.2) is 5.65 Å². The SMILES string of the molecule is Cn1ccc(-c2cnn3c(Nc4ccncc4)cc(C4CCCCC4)nc23)c1. The standard InChI is InChI=1S/C22H24N6/c1-27-12-9-17(15-27)19-14-24-28-21(25-18-7-10-23-11-8-18)13-20(26-22(19)28)16-5-3-2-4-6-16/h7-16H,2-6H2,1H3,(H,23,25). The predicted octanol–water partition coefficient (Wildman–Crippen LogP) is 4.92. The van der Waals surface area contributed by atoms with E-state index >= 15 is 0 Å². The van der Waals surface area contributed by atoms with Crippen molar-refractivity contribution in [1.29, 1.82) is 0 Å². The van der Waals surface area contributed by atoms with Crippen LogP contribution in [0.5, 0.6) is 0 Å². The van der Waals surface area contributed by atoms with Crippen LogP contribution in [0.1, 0.15) is 43.7 Å². The van der Waals surface area contributed by atoms with Crippen LogP contribution in [0.4, 0.5) is 11.5 Å². The molecule has 0 unspecified atom stereocenters. The highest BCUT2D eigenvalue weighted by Gasteiger charge is 2.21. The number of pyridine rings is 1. The van der Waals surface area contributed by atoms with Crippen molar-refractivity contribution in [3.05, 3.63) is 60.9 Å². The summed E-state index contributed by atoms with van der Waals surface area (Å²) < 4.78 is 3.97. The summed E-state index contributed by atoms with van der Waals surface area (Å²) in [5, 5.41) is 8.17. The van der Waals surface area contributed by atoms with Gasteiger partial charge in [0.25, 0.3) is 0 Å². The number of hydrogen-bond acceptors (Lipinski definition) is 4. The Morgan fingerprint density at radius 1 is 1.07 bits per heavy atom. The lowest BCUT2D eigenvalue weighted by Gasteiger charge is -2.22. The van der Waals surface area contributed by atoms with E-state index in [9.17, 15) is 0 Å². The van der Waals surface area contributed by atoms with E-state index in [4.69, 9.17) is 4.98 Å². The second-order valence-electron chi connectivity index (χ2n) is 7.62. The summed E-state index contributed by atoms with van der Waals surface area (Å²) in [7, 11) is 2.03. The van der Waals surface area contributed by atoms with Crippen LogP contribution in [0.15, 0.2) is 55.2 Å². The van der Waals surface area contributed by atoms with Gasteiger partial charge in [0.05, 0.1) is 6.20 Å². The zero-order valence-electron chi connectivity index (χ0n) is 16.0. The van der Waals surface area contributed by atoms with Crippen LogP contribution in [-0.4, -0.2) is 24.1 Å². The van der Waals surface area contributed by atoms with E-state index in [1.807, 2.05) is 29.9 Å². The molecule has 28 heavy (non-hydrogen) atoms. The molecular formula is C22H24N6. The average molecular weight is 372 g/mol. The van der Waals surface area contributed by atoms with Crippen molar-refractivity contribution >= 4 is 17.2 Å². The van der Waals surface area contributed by atoms with Gasteiger partial charge in [-0.25, -0.2) is 4.98 Å². The van der Waals surface area contributed by atoms with Crippen LogP contribution in [0.25, 0.3) is 16.8 Å². The summed E-state index contributed by atoms with van der Waals surface area (Å²) in [5.41, 5.74) is 5.28. The number of aryl methyl sites for hydroxylation is 1. The molecule has 1 aliphatic rings. The van der Waals surface area contributed by atoms with Crippen LogP contribution in [0.3, 0.4) is 0 Å². The molecule has 6 heteroatoms. The molecule has 0 atom stereocenters. The van der Waals surface area contributed by atoms with E-state index < -0.39 is 0 Å². The Morgan fingerprint density at radius 3 is 2.64 bits per heavy atom. The fourth-order valence-electron chi connectivity index (χ4n) is 4.13. The third-order valence-corrected chi connectivity index (χ3v) is 5.61. The minimum Gasteiger partial charge on any atom is -0.357 e. The van der Waals surface area contributed by atoms with Crippen LogP contribution in [0, 0.1) is 0 Å². The van der Waals surface area contributed by atoms with E-state index in [0.717, 1.165) is 28.3 Å². The number of nitrogens with zero attached hydrogens (tertiary/aromatic N) is 5. The molecule has 4 aromatic heterocycles. The Morgan fingerprint density at radius 2 is 1.89 bits per heavy atom. The molecule has 1 saturated carbocycles. The summed E-state index contributed by atoms with van der Waals surface area (Å²) in [5.74, 6) is 1.47. The van der Waals surface area contributed by atoms with E-state index in [1.165, 1.54) is 37.8 Å². The number of hydrogen-bond donors (Lipinski definition) is 1. The van der Waals surface area contributed by atoms with Gasteiger partial charge in [-0.05, 0) is 31.0 Å². The minimum absolute atomic E-state index is 0.523. The van der Waals surface area contributed by atoms with Gasteiger partial charge < -0.3 is 9.88 Å². The van der Waals surface area contributed by atoms with Crippen molar-refractivity contribution < 1.29 is 0 Å². The minimum atomic E-state index is 0.523. The smallest absolute Gasteiger partial charge is 0.165 e. The number of aromatic nitrogens is 5. The van der Waals surface area contributed by atoms with Crippen molar-refractivity contribution in [3.63, 3.8) is 0 Å². The summed E-state index contributed by atoms with van der Waals surface area (Å²) >= 11 is 0. The molecule has 5 rings (SSSR count). The highest BCUT2D eigenvalue weighted by molar-refractivity contribution is 5.78. The maximum atomic E-state index is 5.09. The van der Waals surface area contributed by atoms with Gasteiger partial charge in [-0.3, -0.25) is 4.98 Å². The second-order valence-corrected chi connectivity index (χ2v) is 7.62. The predicted molar refractivity (Wildman–Crippen MR) is 111 cm³/mol. The first-order valence-corrected chi connectivity index (χ1v) is 9.96. The van der Waals surface area contributed by atoms with E-state index in [0.29, 0.717) is 5.92 Å². The second kappa shape index (κ2) is 7.11. The van der Waals surface area contributed by atoms with Gasteiger partial charge in [0, 0.05) is 66.3 Å². The number of nitrogens with one attached hydrogen (secondary N) is 1. The fourth-order valence-corrected chi connectivity index (χ4v) is 4.13. The zero-order chi connectivity index (χ0) is 18.9. The molecule has 0 amide bonds. The summed E-state index contributed by atoms with van der Waals surface area (Å²) in [6.45, 7) is 0. The number of anilines is 2. The van der Waals surface area contributed by atoms with Gasteiger partial charge in [-0.1, -0.05) is 19.3 Å². The lowest BCUT2D eigenvalue weighted by molar-refractivity contribution is 0.437. The van der Waals surface area contributed by atoms with Crippen LogP contribution in [0.2, 0.25) is 0 Å². The molecule has 0 bridgehead atoms. The third kappa shape index (κ3) is 3.15. The quantitative estimate of drug-likeness (QED) is 0.552. The highest BCUT2D eigenvalue weighted by atomic mass is 15.3. The fraction of sp³-hybridized carbons (Fsp3) is 0.318. The van der Waals surface area contributed by atoms with Crippen LogP contribution >= 0.6 is 0 Å². The molecule has 0 spiro atoms. The van der Waals surface area contributed by atoms with Crippen LogP contribution < -0.4 is 5.32 Å². The Balaban J connectivity index is 1.65. The maximum absolute atomic E-state index is 5.09. The molecule has 4 heterocycles. The average Bonchev–Trinajstić information content (AvgIpc) is 3.35. The van der Waals surface area contributed by atoms with Crippen LogP contribution in [-0.2, 0) is 7.05 Å². The Bertz CT molecular complexity index is 1090. The molecule has 1 fully saturated rings. The molecule has 6 nitrogen and oxygen atoms in total. The van der Waals surface area contributed by atoms with E-state index in [2.05, 4.69) is 44.5 Å². The van der Waals surface area contributed by atoms with Crippen molar-refractivity contribution in [2.75, 3.05) is 5.32 Å². The normalized spacial score (nSPS) is 15.2. The number of fused-ring (bicyclic) bond motifs is 1. The Hall–Kier alpha value is -3.15. The van der Waals surface area contributed by atoms with Crippen molar-refractivity contribution in [2.45, 2.75) is 38.0 Å². The molecule has 142 valence electrons. The molecule has 1 N–H and O–H groups in total. The first-order chi connectivity index (χ1) is 13.8. The topological polar surface area (TPSA) is 60.0 Å². The highest BCUT2D eigenvalue weighted by Crippen LogP contribution is 2.35. The summed E-state index contributed by atoms with van der Waals surface area (Å²) in [6.07, 6.45) is 16.0. The maximum Gasteiger partial charge on any atom is 0.165 e. The Kier molecular flexibility index (Phi) is 4.31. The van der Waals surface area contributed by atoms with Gasteiger partial charge in [-0.15, -0.1) is 0 Å². The summed E-state index contributed by atoms with van der Waals surface area (Å²) in [4.78, 5) is 9.19. The third-order valence-electron chi connectivity index (χ3n) is 5.61.